The fourth-order valence-electron chi connectivity index (χ4n) is 2.23. The minimum absolute atomic E-state index is 0.777. The van der Waals surface area contributed by atoms with Crippen LogP contribution in [-0.2, 0) is 0 Å². The Hall–Kier alpha value is 0.310. The van der Waals surface area contributed by atoms with Crippen LogP contribution in [0.5, 0.6) is 0 Å². The Morgan fingerprint density at radius 3 is 2.40 bits per heavy atom. The highest BCUT2D eigenvalue weighted by Gasteiger charge is 2.25. The standard InChI is InChI=1S/C13H27NS/c1-10(2)11(3)15-13-8-6-4-5-7-12(13)9-14/h10-13H,4-9,14H2,1-3H3. The molecule has 0 bridgehead atoms. The maximum Gasteiger partial charge on any atom is 0.00901 e. The molecule has 1 fully saturated rings. The molecule has 1 saturated carbocycles. The zero-order valence-corrected chi connectivity index (χ0v) is 11.4. The molecule has 0 aliphatic heterocycles. The zero-order chi connectivity index (χ0) is 11.3. The first-order valence-corrected chi connectivity index (χ1v) is 7.45. The van der Waals surface area contributed by atoms with E-state index in [-0.39, 0.29) is 0 Å². The van der Waals surface area contributed by atoms with Gasteiger partial charge in [-0.25, -0.2) is 0 Å². The molecule has 2 N–H and O–H groups in total. The summed E-state index contributed by atoms with van der Waals surface area (Å²) in [5, 5.41) is 1.61. The van der Waals surface area contributed by atoms with Crippen LogP contribution in [0.4, 0.5) is 0 Å². The Labute approximate surface area is 99.6 Å². The van der Waals surface area contributed by atoms with Gasteiger partial charge in [-0.3, -0.25) is 0 Å². The molecular formula is C13H27NS. The van der Waals surface area contributed by atoms with Crippen molar-refractivity contribution in [2.75, 3.05) is 6.54 Å². The quantitative estimate of drug-likeness (QED) is 0.744. The molecule has 0 saturated heterocycles. The summed E-state index contributed by atoms with van der Waals surface area (Å²) in [6.07, 6.45) is 6.99. The van der Waals surface area contributed by atoms with Crippen molar-refractivity contribution in [3.63, 3.8) is 0 Å². The maximum atomic E-state index is 5.90. The molecule has 0 aromatic heterocycles. The number of rotatable bonds is 4. The molecule has 0 aromatic rings. The number of thioether (sulfide) groups is 1. The summed E-state index contributed by atoms with van der Waals surface area (Å²) in [5.74, 6) is 1.57. The van der Waals surface area contributed by atoms with E-state index in [1.807, 2.05) is 0 Å². The summed E-state index contributed by atoms with van der Waals surface area (Å²) in [6, 6.07) is 0. The van der Waals surface area contributed by atoms with Crippen molar-refractivity contribution in [3.05, 3.63) is 0 Å². The van der Waals surface area contributed by atoms with E-state index in [2.05, 4.69) is 32.5 Å². The first kappa shape index (κ1) is 13.4. The van der Waals surface area contributed by atoms with Crippen molar-refractivity contribution < 1.29 is 0 Å². The van der Waals surface area contributed by atoms with Gasteiger partial charge in [0, 0.05) is 10.5 Å². The molecule has 3 unspecified atom stereocenters. The highest BCUT2D eigenvalue weighted by atomic mass is 32.2. The largest absolute Gasteiger partial charge is 0.330 e. The summed E-state index contributed by atoms with van der Waals surface area (Å²) >= 11 is 2.19. The summed E-state index contributed by atoms with van der Waals surface area (Å²) < 4.78 is 0. The Bertz CT molecular complexity index is 170. The van der Waals surface area contributed by atoms with Crippen LogP contribution >= 0.6 is 11.8 Å². The van der Waals surface area contributed by atoms with E-state index in [1.165, 1.54) is 32.1 Å². The minimum Gasteiger partial charge on any atom is -0.330 e. The molecule has 3 atom stereocenters. The second-order valence-corrected chi connectivity index (χ2v) is 6.88. The molecule has 2 heteroatoms. The average Bonchev–Trinajstić information content (AvgIpc) is 2.42. The molecule has 0 spiro atoms. The molecule has 0 amide bonds. The third-order valence-corrected chi connectivity index (χ3v) is 5.66. The first-order valence-electron chi connectivity index (χ1n) is 6.50. The molecule has 1 aliphatic carbocycles. The van der Waals surface area contributed by atoms with Gasteiger partial charge in [0.15, 0.2) is 0 Å². The van der Waals surface area contributed by atoms with Crippen LogP contribution < -0.4 is 5.73 Å². The van der Waals surface area contributed by atoms with E-state index in [0.29, 0.717) is 0 Å². The molecule has 15 heavy (non-hydrogen) atoms. The van der Waals surface area contributed by atoms with E-state index in [0.717, 1.165) is 28.9 Å². The number of nitrogens with two attached hydrogens (primary N) is 1. The van der Waals surface area contributed by atoms with Gasteiger partial charge < -0.3 is 5.73 Å². The Morgan fingerprint density at radius 2 is 1.80 bits per heavy atom. The second-order valence-electron chi connectivity index (χ2n) is 5.26. The molecule has 0 aromatic carbocycles. The molecule has 90 valence electrons. The highest BCUT2D eigenvalue weighted by Crippen LogP contribution is 2.35. The topological polar surface area (TPSA) is 26.0 Å². The SMILES string of the molecule is CC(C)C(C)SC1CCCCCC1CN. The smallest absolute Gasteiger partial charge is 0.00901 e. The van der Waals surface area contributed by atoms with Crippen molar-refractivity contribution in [3.8, 4) is 0 Å². The van der Waals surface area contributed by atoms with Gasteiger partial charge in [0.2, 0.25) is 0 Å². The lowest BCUT2D eigenvalue weighted by molar-refractivity contribution is 0.480. The fourth-order valence-corrected chi connectivity index (χ4v) is 3.87. The molecule has 1 aliphatic rings. The third-order valence-electron chi connectivity index (χ3n) is 3.72. The van der Waals surface area contributed by atoms with Gasteiger partial charge in [-0.05, 0) is 31.2 Å². The molecule has 0 radical (unpaired) electrons. The minimum atomic E-state index is 0.777. The lowest BCUT2D eigenvalue weighted by Gasteiger charge is -2.27. The van der Waals surface area contributed by atoms with Crippen molar-refractivity contribution >= 4 is 11.8 Å². The van der Waals surface area contributed by atoms with Gasteiger partial charge in [0.25, 0.3) is 0 Å². The number of hydrogen-bond acceptors (Lipinski definition) is 2. The monoisotopic (exact) mass is 229 g/mol. The van der Waals surface area contributed by atoms with Gasteiger partial charge >= 0.3 is 0 Å². The van der Waals surface area contributed by atoms with Crippen LogP contribution in [0.25, 0.3) is 0 Å². The third kappa shape index (κ3) is 4.36. The van der Waals surface area contributed by atoms with Crippen LogP contribution in [0.15, 0.2) is 0 Å². The van der Waals surface area contributed by atoms with Crippen molar-refractivity contribution in [2.24, 2.45) is 17.6 Å². The van der Waals surface area contributed by atoms with Gasteiger partial charge in [0.05, 0.1) is 0 Å². The Balaban J connectivity index is 2.47. The van der Waals surface area contributed by atoms with Crippen molar-refractivity contribution in [1.29, 1.82) is 0 Å². The summed E-state index contributed by atoms with van der Waals surface area (Å²) in [4.78, 5) is 0. The van der Waals surface area contributed by atoms with Crippen LogP contribution in [0.1, 0.15) is 52.9 Å². The first-order chi connectivity index (χ1) is 7.15. The van der Waals surface area contributed by atoms with Crippen molar-refractivity contribution in [1.82, 2.24) is 0 Å². The zero-order valence-electron chi connectivity index (χ0n) is 10.5. The summed E-state index contributed by atoms with van der Waals surface area (Å²) in [7, 11) is 0. The predicted octanol–water partition coefficient (Wildman–Crippen LogP) is 3.67. The van der Waals surface area contributed by atoms with Crippen LogP contribution in [-0.4, -0.2) is 17.0 Å². The van der Waals surface area contributed by atoms with Gasteiger partial charge in [-0.1, -0.05) is 40.0 Å². The van der Waals surface area contributed by atoms with Crippen LogP contribution in [0.3, 0.4) is 0 Å². The summed E-state index contributed by atoms with van der Waals surface area (Å²) in [6.45, 7) is 7.91. The van der Waals surface area contributed by atoms with E-state index in [9.17, 15) is 0 Å². The van der Waals surface area contributed by atoms with Crippen LogP contribution in [0, 0.1) is 11.8 Å². The highest BCUT2D eigenvalue weighted by molar-refractivity contribution is 8.00. The predicted molar refractivity (Wildman–Crippen MR) is 71.3 cm³/mol. The molecular weight excluding hydrogens is 202 g/mol. The maximum absolute atomic E-state index is 5.90. The van der Waals surface area contributed by atoms with E-state index in [1.54, 1.807) is 0 Å². The molecule has 1 nitrogen and oxygen atoms in total. The molecule has 0 heterocycles. The molecule has 1 rings (SSSR count). The van der Waals surface area contributed by atoms with Gasteiger partial charge in [-0.2, -0.15) is 11.8 Å². The van der Waals surface area contributed by atoms with Gasteiger partial charge in [0.1, 0.15) is 0 Å². The average molecular weight is 229 g/mol. The number of hydrogen-bond donors (Lipinski definition) is 1. The van der Waals surface area contributed by atoms with E-state index in [4.69, 9.17) is 5.73 Å². The Morgan fingerprint density at radius 1 is 1.13 bits per heavy atom. The van der Waals surface area contributed by atoms with E-state index < -0.39 is 0 Å². The second kappa shape index (κ2) is 6.80. The van der Waals surface area contributed by atoms with E-state index >= 15 is 0 Å². The van der Waals surface area contributed by atoms with Crippen LogP contribution in [0.2, 0.25) is 0 Å². The van der Waals surface area contributed by atoms with Crippen molar-refractivity contribution in [2.45, 2.75) is 63.4 Å². The summed E-state index contributed by atoms with van der Waals surface area (Å²) in [5.41, 5.74) is 5.90. The Kier molecular flexibility index (Phi) is 6.06. The normalized spacial score (nSPS) is 30.2. The fraction of sp³-hybridized carbons (Fsp3) is 1.00. The van der Waals surface area contributed by atoms with Gasteiger partial charge in [-0.15, -0.1) is 0 Å². The lowest BCUT2D eigenvalue weighted by Crippen LogP contribution is -2.27. The lowest BCUT2D eigenvalue weighted by atomic mass is 10.0.